The maximum atomic E-state index is 10.4. The molecule has 19 heavy (non-hydrogen) atoms. The van der Waals surface area contributed by atoms with Crippen LogP contribution in [0.5, 0.6) is 0 Å². The van der Waals surface area contributed by atoms with E-state index in [2.05, 4.69) is 15.6 Å². The summed E-state index contributed by atoms with van der Waals surface area (Å²) in [7, 11) is 0. The summed E-state index contributed by atoms with van der Waals surface area (Å²) in [6.07, 6.45) is 4.80. The molecule has 1 aliphatic rings. The number of aliphatic carboxylic acids is 1. The fourth-order valence-electron chi connectivity index (χ4n) is 1.73. The van der Waals surface area contributed by atoms with Crippen molar-refractivity contribution in [2.75, 3.05) is 18.4 Å². The molecule has 8 heteroatoms. The molecule has 1 aromatic rings. The summed E-state index contributed by atoms with van der Waals surface area (Å²) >= 11 is 1.51. The topological polar surface area (TPSA) is 74.2 Å². The van der Waals surface area contributed by atoms with Gasteiger partial charge < -0.3 is 15.7 Å². The second-order valence-electron chi connectivity index (χ2n) is 3.92. The van der Waals surface area contributed by atoms with Gasteiger partial charge in [0.1, 0.15) is 0 Å². The minimum absolute atomic E-state index is 0. The molecule has 1 aromatic heterocycles. The summed E-state index contributed by atoms with van der Waals surface area (Å²) < 4.78 is 0. The summed E-state index contributed by atoms with van der Waals surface area (Å²) in [5.74, 6) is -0.953. The number of carboxylic acids is 1. The molecule has 1 fully saturated rings. The highest BCUT2D eigenvalue weighted by molar-refractivity contribution is 7.13. The molecule has 5 nitrogen and oxygen atoms in total. The Morgan fingerprint density at radius 3 is 2.79 bits per heavy atom. The maximum absolute atomic E-state index is 10.4. The van der Waals surface area contributed by atoms with Crippen molar-refractivity contribution in [2.45, 2.75) is 18.9 Å². The summed E-state index contributed by atoms with van der Waals surface area (Å²) in [5, 5.41) is 17.9. The number of carbonyl (C=O) groups is 1. The van der Waals surface area contributed by atoms with Gasteiger partial charge >= 0.3 is 5.97 Å². The average molecular weight is 326 g/mol. The Balaban J connectivity index is 0.00000162. The van der Waals surface area contributed by atoms with E-state index >= 15 is 0 Å². The van der Waals surface area contributed by atoms with Crippen LogP contribution in [0, 0.1) is 0 Å². The Kier molecular flexibility index (Phi) is 8.75. The lowest BCUT2D eigenvalue weighted by Gasteiger charge is -2.23. The Morgan fingerprint density at radius 1 is 1.47 bits per heavy atom. The zero-order valence-electron chi connectivity index (χ0n) is 10.2. The quantitative estimate of drug-likeness (QED) is 0.740. The molecular formula is C11H17Cl2N3O2S. The van der Waals surface area contributed by atoms with E-state index in [0.717, 1.165) is 37.1 Å². The highest BCUT2D eigenvalue weighted by Crippen LogP contribution is 2.19. The van der Waals surface area contributed by atoms with E-state index in [1.165, 1.54) is 17.4 Å². The number of aromatic nitrogens is 1. The van der Waals surface area contributed by atoms with Crippen molar-refractivity contribution in [3.05, 3.63) is 17.2 Å². The first-order valence-electron chi connectivity index (χ1n) is 5.58. The number of anilines is 1. The van der Waals surface area contributed by atoms with Crippen molar-refractivity contribution in [1.82, 2.24) is 10.3 Å². The molecule has 2 rings (SSSR count). The third kappa shape index (κ3) is 6.24. The first kappa shape index (κ1) is 18.2. The molecule has 0 unspecified atom stereocenters. The van der Waals surface area contributed by atoms with Gasteiger partial charge in [-0.15, -0.1) is 36.2 Å². The Hall–Kier alpha value is -0.820. The van der Waals surface area contributed by atoms with Crippen LogP contribution in [0.3, 0.4) is 0 Å². The molecule has 0 radical (unpaired) electrons. The number of nitrogens with one attached hydrogen (secondary N) is 2. The van der Waals surface area contributed by atoms with Gasteiger partial charge in [-0.05, 0) is 32.0 Å². The zero-order chi connectivity index (χ0) is 12.1. The van der Waals surface area contributed by atoms with E-state index < -0.39 is 5.97 Å². The molecule has 0 aromatic carbocycles. The first-order valence-corrected chi connectivity index (χ1v) is 6.46. The van der Waals surface area contributed by atoms with E-state index in [4.69, 9.17) is 5.11 Å². The molecule has 0 amide bonds. The molecule has 1 saturated heterocycles. The van der Waals surface area contributed by atoms with E-state index in [9.17, 15) is 4.79 Å². The van der Waals surface area contributed by atoms with Crippen LogP contribution in [-0.4, -0.2) is 35.2 Å². The third-order valence-electron chi connectivity index (χ3n) is 2.59. The SMILES string of the molecule is Cl.Cl.O=C(O)C=Cc1csc(NC2CCNCC2)n1. The first-order chi connectivity index (χ1) is 8.24. The van der Waals surface area contributed by atoms with Gasteiger partial charge in [0.15, 0.2) is 5.13 Å². The van der Waals surface area contributed by atoms with Gasteiger partial charge in [-0.25, -0.2) is 9.78 Å². The molecule has 0 saturated carbocycles. The van der Waals surface area contributed by atoms with Gasteiger partial charge in [0.05, 0.1) is 5.69 Å². The van der Waals surface area contributed by atoms with Crippen molar-refractivity contribution in [1.29, 1.82) is 0 Å². The predicted molar refractivity (Wildman–Crippen MR) is 82.8 cm³/mol. The van der Waals surface area contributed by atoms with Crippen molar-refractivity contribution >= 4 is 53.3 Å². The van der Waals surface area contributed by atoms with E-state index in [1.807, 2.05) is 5.38 Å². The third-order valence-corrected chi connectivity index (χ3v) is 3.38. The van der Waals surface area contributed by atoms with Crippen LogP contribution in [-0.2, 0) is 4.79 Å². The largest absolute Gasteiger partial charge is 0.478 e. The van der Waals surface area contributed by atoms with Gasteiger partial charge in [-0.2, -0.15) is 0 Å². The molecule has 0 aliphatic carbocycles. The minimum Gasteiger partial charge on any atom is -0.478 e. The fraction of sp³-hybridized carbons (Fsp3) is 0.455. The maximum Gasteiger partial charge on any atom is 0.328 e. The molecular weight excluding hydrogens is 309 g/mol. The number of nitrogens with zero attached hydrogens (tertiary/aromatic N) is 1. The number of hydrogen-bond donors (Lipinski definition) is 3. The van der Waals surface area contributed by atoms with Crippen LogP contribution in [0.15, 0.2) is 11.5 Å². The Bertz CT molecular complexity index is 420. The minimum atomic E-state index is -0.953. The second kappa shape index (κ2) is 9.14. The molecule has 108 valence electrons. The van der Waals surface area contributed by atoms with E-state index in [-0.39, 0.29) is 24.8 Å². The van der Waals surface area contributed by atoms with Crippen LogP contribution in [0.2, 0.25) is 0 Å². The van der Waals surface area contributed by atoms with Gasteiger partial charge in [-0.3, -0.25) is 0 Å². The van der Waals surface area contributed by atoms with Crippen molar-refractivity contribution in [2.24, 2.45) is 0 Å². The number of carboxylic acid groups (broad SMARTS) is 1. The van der Waals surface area contributed by atoms with Crippen LogP contribution in [0.1, 0.15) is 18.5 Å². The number of piperidine rings is 1. The smallest absolute Gasteiger partial charge is 0.328 e. The van der Waals surface area contributed by atoms with Crippen LogP contribution >= 0.6 is 36.2 Å². The monoisotopic (exact) mass is 325 g/mol. The van der Waals surface area contributed by atoms with Crippen molar-refractivity contribution < 1.29 is 9.90 Å². The van der Waals surface area contributed by atoms with Gasteiger partial charge in [0.25, 0.3) is 0 Å². The fourth-order valence-corrected chi connectivity index (χ4v) is 2.48. The Morgan fingerprint density at radius 2 is 2.16 bits per heavy atom. The predicted octanol–water partition coefficient (Wildman–Crippen LogP) is 2.25. The second-order valence-corrected chi connectivity index (χ2v) is 4.78. The molecule has 0 bridgehead atoms. The summed E-state index contributed by atoms with van der Waals surface area (Å²) in [6.45, 7) is 2.07. The number of hydrogen-bond acceptors (Lipinski definition) is 5. The van der Waals surface area contributed by atoms with Gasteiger partial charge in [-0.1, -0.05) is 0 Å². The molecule has 2 heterocycles. The normalized spacial score (nSPS) is 15.6. The molecule has 1 aliphatic heterocycles. The standard InChI is InChI=1S/C11H15N3O2S.2ClH/c15-10(16)2-1-9-7-17-11(14-9)13-8-3-5-12-6-4-8;;/h1-2,7-8,12H,3-6H2,(H,13,14)(H,15,16);2*1H. The summed E-state index contributed by atoms with van der Waals surface area (Å²) in [4.78, 5) is 14.7. The highest BCUT2D eigenvalue weighted by atomic mass is 35.5. The zero-order valence-corrected chi connectivity index (χ0v) is 12.6. The highest BCUT2D eigenvalue weighted by Gasteiger charge is 2.13. The van der Waals surface area contributed by atoms with Crippen molar-refractivity contribution in [3.63, 3.8) is 0 Å². The van der Waals surface area contributed by atoms with Crippen molar-refractivity contribution in [3.8, 4) is 0 Å². The summed E-state index contributed by atoms with van der Waals surface area (Å²) in [5.41, 5.74) is 0.689. The van der Waals surface area contributed by atoms with Crippen LogP contribution in [0.4, 0.5) is 5.13 Å². The number of thiazole rings is 1. The lowest BCUT2D eigenvalue weighted by molar-refractivity contribution is -0.131. The lowest BCUT2D eigenvalue weighted by Crippen LogP contribution is -2.35. The Labute approximate surface area is 128 Å². The van der Waals surface area contributed by atoms with Crippen LogP contribution < -0.4 is 10.6 Å². The van der Waals surface area contributed by atoms with Gasteiger partial charge in [0, 0.05) is 17.5 Å². The number of halogens is 2. The molecule has 3 N–H and O–H groups in total. The van der Waals surface area contributed by atoms with Crippen LogP contribution in [0.25, 0.3) is 6.08 Å². The van der Waals surface area contributed by atoms with E-state index in [1.54, 1.807) is 0 Å². The van der Waals surface area contributed by atoms with Gasteiger partial charge in [0.2, 0.25) is 0 Å². The molecule has 0 spiro atoms. The lowest BCUT2D eigenvalue weighted by atomic mass is 10.1. The van der Waals surface area contributed by atoms with E-state index in [0.29, 0.717) is 11.7 Å². The number of rotatable bonds is 4. The average Bonchev–Trinajstić information content (AvgIpc) is 2.75. The summed E-state index contributed by atoms with van der Waals surface area (Å²) in [6, 6.07) is 0.471. The molecule has 0 atom stereocenters.